The molecule has 0 aromatic rings. The number of nitrogens with zero attached hydrogens (tertiary/aromatic N) is 2. The first-order valence-corrected chi connectivity index (χ1v) is 7.01. The van der Waals surface area contributed by atoms with Crippen molar-refractivity contribution in [2.24, 2.45) is 11.8 Å². The summed E-state index contributed by atoms with van der Waals surface area (Å²) in [5.41, 5.74) is 0. The van der Waals surface area contributed by atoms with Crippen molar-refractivity contribution in [3.05, 3.63) is 0 Å². The molecule has 3 heterocycles. The van der Waals surface area contributed by atoms with Crippen LogP contribution in [0.3, 0.4) is 0 Å². The van der Waals surface area contributed by atoms with Gasteiger partial charge in [-0.15, -0.1) is 0 Å². The van der Waals surface area contributed by atoms with Crippen LogP contribution in [0.4, 0.5) is 4.79 Å². The van der Waals surface area contributed by atoms with Gasteiger partial charge in [-0.25, -0.2) is 4.79 Å². The third kappa shape index (κ3) is 2.15. The van der Waals surface area contributed by atoms with Crippen molar-refractivity contribution in [2.75, 3.05) is 32.7 Å². The molecule has 2 amide bonds. The molecule has 96 valence electrons. The molecule has 0 bridgehead atoms. The molecule has 4 heteroatoms. The fourth-order valence-electron chi connectivity index (χ4n) is 3.57. The van der Waals surface area contributed by atoms with Crippen molar-refractivity contribution in [3.8, 4) is 0 Å². The summed E-state index contributed by atoms with van der Waals surface area (Å²) >= 11 is 0. The lowest BCUT2D eigenvalue weighted by atomic mass is 10.0. The van der Waals surface area contributed by atoms with E-state index in [2.05, 4.69) is 22.0 Å². The smallest absolute Gasteiger partial charge is 0.320 e. The topological polar surface area (TPSA) is 35.6 Å². The van der Waals surface area contributed by atoms with Gasteiger partial charge in [0.05, 0.1) is 0 Å². The number of nitrogens with one attached hydrogen (secondary N) is 1. The van der Waals surface area contributed by atoms with Gasteiger partial charge in [0, 0.05) is 32.2 Å². The predicted octanol–water partition coefficient (Wildman–Crippen LogP) is 1.13. The van der Waals surface area contributed by atoms with Crippen molar-refractivity contribution in [1.29, 1.82) is 0 Å². The standard InChI is InChI=1S/C13H23N3O/c1-10-3-2-6-15(7-10)13(17)16-8-11-4-5-14-12(11)9-16/h10-12,14H,2-9H2,1H3/t10?,11-,12+/m0/s1. The Bertz CT molecular complexity index is 295. The maximum Gasteiger partial charge on any atom is 0.320 e. The van der Waals surface area contributed by atoms with Crippen molar-refractivity contribution >= 4 is 6.03 Å². The first kappa shape index (κ1) is 11.3. The van der Waals surface area contributed by atoms with E-state index in [9.17, 15) is 4.79 Å². The minimum absolute atomic E-state index is 0.285. The number of amides is 2. The van der Waals surface area contributed by atoms with Gasteiger partial charge in [-0.1, -0.05) is 6.92 Å². The number of likely N-dealkylation sites (tertiary alicyclic amines) is 2. The van der Waals surface area contributed by atoms with Gasteiger partial charge >= 0.3 is 6.03 Å². The SMILES string of the molecule is CC1CCCN(C(=O)N2C[C@@H]3CCN[C@@H]3C2)C1. The molecule has 3 saturated heterocycles. The molecule has 3 rings (SSSR count). The van der Waals surface area contributed by atoms with Crippen LogP contribution in [0, 0.1) is 11.8 Å². The molecule has 0 saturated carbocycles. The van der Waals surface area contributed by atoms with Gasteiger partial charge < -0.3 is 15.1 Å². The van der Waals surface area contributed by atoms with E-state index >= 15 is 0 Å². The average Bonchev–Trinajstić information content (AvgIpc) is 2.88. The van der Waals surface area contributed by atoms with Crippen molar-refractivity contribution in [1.82, 2.24) is 15.1 Å². The van der Waals surface area contributed by atoms with Crippen LogP contribution in [-0.2, 0) is 0 Å². The van der Waals surface area contributed by atoms with Gasteiger partial charge in [-0.3, -0.25) is 0 Å². The van der Waals surface area contributed by atoms with Crippen LogP contribution in [0.1, 0.15) is 26.2 Å². The number of piperidine rings is 1. The molecular formula is C13H23N3O. The molecule has 3 atom stereocenters. The maximum absolute atomic E-state index is 12.4. The molecule has 1 unspecified atom stereocenters. The van der Waals surface area contributed by atoms with Gasteiger partial charge in [0.2, 0.25) is 0 Å². The summed E-state index contributed by atoms with van der Waals surface area (Å²) in [7, 11) is 0. The number of carbonyl (C=O) groups is 1. The number of carbonyl (C=O) groups excluding carboxylic acids is 1. The molecule has 17 heavy (non-hydrogen) atoms. The fourth-order valence-corrected chi connectivity index (χ4v) is 3.57. The van der Waals surface area contributed by atoms with E-state index in [0.717, 1.165) is 32.7 Å². The minimum atomic E-state index is 0.285. The Morgan fingerprint density at radius 2 is 2.06 bits per heavy atom. The van der Waals surface area contributed by atoms with Crippen LogP contribution < -0.4 is 5.32 Å². The number of hydrogen-bond donors (Lipinski definition) is 1. The summed E-state index contributed by atoms with van der Waals surface area (Å²) in [5.74, 6) is 1.38. The monoisotopic (exact) mass is 237 g/mol. The van der Waals surface area contributed by atoms with Crippen LogP contribution in [0.15, 0.2) is 0 Å². The Morgan fingerprint density at radius 3 is 2.82 bits per heavy atom. The van der Waals surface area contributed by atoms with Crippen molar-refractivity contribution in [3.63, 3.8) is 0 Å². The minimum Gasteiger partial charge on any atom is -0.324 e. The van der Waals surface area contributed by atoms with Crippen molar-refractivity contribution in [2.45, 2.75) is 32.2 Å². The van der Waals surface area contributed by atoms with Crippen LogP contribution in [0.2, 0.25) is 0 Å². The highest BCUT2D eigenvalue weighted by Crippen LogP contribution is 2.26. The first-order chi connectivity index (χ1) is 8.24. The number of fused-ring (bicyclic) bond motifs is 1. The van der Waals surface area contributed by atoms with E-state index in [1.165, 1.54) is 19.3 Å². The molecule has 0 aromatic carbocycles. The Labute approximate surface area is 103 Å². The van der Waals surface area contributed by atoms with E-state index in [1.807, 2.05) is 0 Å². The zero-order chi connectivity index (χ0) is 11.8. The van der Waals surface area contributed by atoms with Crippen LogP contribution >= 0.6 is 0 Å². The first-order valence-electron chi connectivity index (χ1n) is 7.01. The Kier molecular flexibility index (Phi) is 2.99. The Hall–Kier alpha value is -0.770. The van der Waals surface area contributed by atoms with E-state index in [4.69, 9.17) is 0 Å². The van der Waals surface area contributed by atoms with Crippen LogP contribution in [0.25, 0.3) is 0 Å². The second kappa shape index (κ2) is 4.48. The van der Waals surface area contributed by atoms with Gasteiger partial charge in [-0.05, 0) is 37.6 Å². The second-order valence-electron chi connectivity index (χ2n) is 5.99. The summed E-state index contributed by atoms with van der Waals surface area (Å²) in [5, 5.41) is 3.50. The zero-order valence-corrected chi connectivity index (χ0v) is 10.7. The molecule has 0 spiro atoms. The second-order valence-corrected chi connectivity index (χ2v) is 5.99. The molecule has 0 aromatic heterocycles. The number of urea groups is 1. The molecule has 3 aliphatic rings. The molecule has 3 fully saturated rings. The quantitative estimate of drug-likeness (QED) is 0.685. The van der Waals surface area contributed by atoms with E-state index < -0.39 is 0 Å². The highest BCUT2D eigenvalue weighted by atomic mass is 16.2. The van der Waals surface area contributed by atoms with E-state index in [1.54, 1.807) is 0 Å². The van der Waals surface area contributed by atoms with Gasteiger partial charge in [-0.2, -0.15) is 0 Å². The van der Waals surface area contributed by atoms with Gasteiger partial charge in [0.1, 0.15) is 0 Å². The lowest BCUT2D eigenvalue weighted by Crippen LogP contribution is -2.47. The summed E-state index contributed by atoms with van der Waals surface area (Å²) in [6.45, 7) is 7.20. The zero-order valence-electron chi connectivity index (χ0n) is 10.7. The van der Waals surface area contributed by atoms with Crippen LogP contribution in [0.5, 0.6) is 0 Å². The number of hydrogen-bond acceptors (Lipinski definition) is 2. The summed E-state index contributed by atoms with van der Waals surface area (Å²) in [6, 6.07) is 0.855. The third-order valence-electron chi connectivity index (χ3n) is 4.56. The third-order valence-corrected chi connectivity index (χ3v) is 4.56. The maximum atomic E-state index is 12.4. The van der Waals surface area contributed by atoms with Crippen LogP contribution in [-0.4, -0.2) is 54.6 Å². The average molecular weight is 237 g/mol. The van der Waals surface area contributed by atoms with E-state index in [-0.39, 0.29) is 6.03 Å². The largest absolute Gasteiger partial charge is 0.324 e. The summed E-state index contributed by atoms with van der Waals surface area (Å²) < 4.78 is 0. The summed E-state index contributed by atoms with van der Waals surface area (Å²) in [4.78, 5) is 16.5. The highest BCUT2D eigenvalue weighted by Gasteiger charge is 2.39. The highest BCUT2D eigenvalue weighted by molar-refractivity contribution is 5.75. The molecule has 3 aliphatic heterocycles. The normalized spacial score (nSPS) is 37.4. The molecule has 0 aliphatic carbocycles. The Morgan fingerprint density at radius 1 is 1.18 bits per heavy atom. The lowest BCUT2D eigenvalue weighted by Gasteiger charge is -2.34. The Balaban J connectivity index is 1.59. The molecule has 0 radical (unpaired) electrons. The van der Waals surface area contributed by atoms with E-state index in [0.29, 0.717) is 17.9 Å². The predicted molar refractivity (Wildman–Crippen MR) is 66.8 cm³/mol. The van der Waals surface area contributed by atoms with Gasteiger partial charge in [0.25, 0.3) is 0 Å². The molecular weight excluding hydrogens is 214 g/mol. The molecule has 1 N–H and O–H groups in total. The van der Waals surface area contributed by atoms with Crippen molar-refractivity contribution < 1.29 is 4.79 Å². The summed E-state index contributed by atoms with van der Waals surface area (Å²) in [6.07, 6.45) is 3.69. The molecule has 4 nitrogen and oxygen atoms in total. The lowest BCUT2D eigenvalue weighted by molar-refractivity contribution is 0.137. The number of rotatable bonds is 0. The van der Waals surface area contributed by atoms with Gasteiger partial charge in [0.15, 0.2) is 0 Å². The fraction of sp³-hybridized carbons (Fsp3) is 0.923.